The molecule has 1 rings (SSSR count). The third kappa shape index (κ3) is 4.80. The summed E-state index contributed by atoms with van der Waals surface area (Å²) in [6.07, 6.45) is -5.37. The Morgan fingerprint density at radius 1 is 1.40 bits per heavy atom. The van der Waals surface area contributed by atoms with E-state index >= 15 is 0 Å². The highest BCUT2D eigenvalue weighted by atomic mass is 19.3. The predicted octanol–water partition coefficient (Wildman–Crippen LogP) is 1.91. The molecular formula is C11H15F4N3O2. The first-order chi connectivity index (χ1) is 9.45. The number of halogens is 4. The molecule has 0 aliphatic carbocycles. The molecule has 0 saturated heterocycles. The third-order valence-corrected chi connectivity index (χ3v) is 2.42. The summed E-state index contributed by atoms with van der Waals surface area (Å²) in [7, 11) is 1.51. The van der Waals surface area contributed by atoms with Crippen LogP contribution in [0.4, 0.5) is 17.6 Å². The first-order valence-corrected chi connectivity index (χ1v) is 5.85. The fraction of sp³-hybridized carbons (Fsp3) is 0.636. The Labute approximate surface area is 112 Å². The van der Waals surface area contributed by atoms with E-state index in [2.05, 4.69) is 10.4 Å². The third-order valence-electron chi connectivity index (χ3n) is 2.42. The molecule has 5 nitrogen and oxygen atoms in total. The quantitative estimate of drug-likeness (QED) is 0.589. The van der Waals surface area contributed by atoms with Crippen molar-refractivity contribution in [3.8, 4) is 0 Å². The minimum atomic E-state index is -2.98. The Bertz CT molecular complexity index is 437. The molecule has 1 N–H and O–H groups in total. The Balaban J connectivity index is 2.63. The van der Waals surface area contributed by atoms with Crippen LogP contribution < -0.4 is 5.32 Å². The average molecular weight is 297 g/mol. The van der Waals surface area contributed by atoms with Crippen molar-refractivity contribution in [3.05, 3.63) is 17.5 Å². The maximum Gasteiger partial charge on any atom is 0.282 e. The molecule has 0 aliphatic rings. The van der Waals surface area contributed by atoms with Crippen molar-refractivity contribution in [2.75, 3.05) is 20.3 Å². The molecule has 0 bridgehead atoms. The van der Waals surface area contributed by atoms with Gasteiger partial charge in [-0.2, -0.15) is 5.10 Å². The van der Waals surface area contributed by atoms with Gasteiger partial charge in [-0.3, -0.25) is 9.48 Å². The topological polar surface area (TPSA) is 56.1 Å². The lowest BCUT2D eigenvalue weighted by atomic mass is 10.3. The number of hydrogen-bond donors (Lipinski definition) is 1. The van der Waals surface area contributed by atoms with E-state index in [0.717, 1.165) is 0 Å². The first-order valence-electron chi connectivity index (χ1n) is 5.85. The zero-order chi connectivity index (χ0) is 15.1. The summed E-state index contributed by atoms with van der Waals surface area (Å²) in [5.41, 5.74) is -1.47. The van der Waals surface area contributed by atoms with Gasteiger partial charge in [0.2, 0.25) is 5.91 Å². The molecule has 20 heavy (non-hydrogen) atoms. The number of methoxy groups -OCH3 is 1. The maximum atomic E-state index is 12.7. The molecule has 0 spiro atoms. The molecular weight excluding hydrogens is 282 g/mol. The normalized spacial score (nSPS) is 11.3. The van der Waals surface area contributed by atoms with Crippen molar-refractivity contribution in [1.82, 2.24) is 15.1 Å². The van der Waals surface area contributed by atoms with Crippen molar-refractivity contribution < 1.29 is 27.1 Å². The lowest BCUT2D eigenvalue weighted by molar-refractivity contribution is -0.122. The van der Waals surface area contributed by atoms with Crippen LogP contribution in [0.5, 0.6) is 0 Å². The number of carbonyl (C=O) groups excluding carboxylic acids is 1. The van der Waals surface area contributed by atoms with Gasteiger partial charge >= 0.3 is 0 Å². The van der Waals surface area contributed by atoms with Gasteiger partial charge in [0.1, 0.15) is 17.9 Å². The monoisotopic (exact) mass is 297 g/mol. The predicted molar refractivity (Wildman–Crippen MR) is 61.6 cm³/mol. The summed E-state index contributed by atoms with van der Waals surface area (Å²) in [5, 5.41) is 5.77. The summed E-state index contributed by atoms with van der Waals surface area (Å²) in [5.74, 6) is -0.577. The van der Waals surface area contributed by atoms with Crippen LogP contribution in [-0.4, -0.2) is 35.9 Å². The highest BCUT2D eigenvalue weighted by Gasteiger charge is 2.22. The van der Waals surface area contributed by atoms with E-state index in [1.165, 1.54) is 7.11 Å². The van der Waals surface area contributed by atoms with Crippen LogP contribution in [0.3, 0.4) is 0 Å². The average Bonchev–Trinajstić information content (AvgIpc) is 2.79. The van der Waals surface area contributed by atoms with Gasteiger partial charge in [0.15, 0.2) is 0 Å². The largest absolute Gasteiger partial charge is 0.385 e. The summed E-state index contributed by atoms with van der Waals surface area (Å²) in [6.45, 7) is 0.221. The standard InChI is InChI=1S/C11H15F4N3O2/c1-20-4-2-3-16-9(19)6-18-8(11(14)15)5-7(17-18)10(12)13/h5,10-11H,2-4,6H2,1H3,(H,16,19). The van der Waals surface area contributed by atoms with Gasteiger partial charge in [-0.05, 0) is 12.5 Å². The Hall–Kier alpha value is -1.64. The second-order valence-corrected chi connectivity index (χ2v) is 3.95. The van der Waals surface area contributed by atoms with Crippen LogP contribution in [0, 0.1) is 0 Å². The van der Waals surface area contributed by atoms with Crippen LogP contribution in [0.1, 0.15) is 30.7 Å². The summed E-state index contributed by atoms with van der Waals surface area (Å²) >= 11 is 0. The maximum absolute atomic E-state index is 12.7. The molecule has 114 valence electrons. The minimum absolute atomic E-state index is 0.305. The number of aromatic nitrogens is 2. The molecule has 1 amide bonds. The molecule has 0 aromatic carbocycles. The molecule has 0 aliphatic heterocycles. The summed E-state index contributed by atoms with van der Waals surface area (Å²) in [6, 6.07) is 0.605. The molecule has 1 aromatic rings. The van der Waals surface area contributed by atoms with Crippen molar-refractivity contribution in [1.29, 1.82) is 0 Å². The Kier molecular flexibility index (Phi) is 6.43. The molecule has 0 unspecified atom stereocenters. The number of nitrogens with one attached hydrogen (secondary N) is 1. The van der Waals surface area contributed by atoms with Crippen LogP contribution in [0.2, 0.25) is 0 Å². The highest BCUT2D eigenvalue weighted by molar-refractivity contribution is 5.75. The molecule has 1 aromatic heterocycles. The number of amides is 1. The summed E-state index contributed by atoms with van der Waals surface area (Å²) < 4.78 is 55.5. The number of rotatable bonds is 8. The number of alkyl halides is 4. The fourth-order valence-electron chi connectivity index (χ4n) is 1.50. The van der Waals surface area contributed by atoms with Crippen molar-refractivity contribution >= 4 is 5.91 Å². The van der Waals surface area contributed by atoms with E-state index < -0.39 is 36.7 Å². The minimum Gasteiger partial charge on any atom is -0.385 e. The zero-order valence-corrected chi connectivity index (χ0v) is 10.8. The van der Waals surface area contributed by atoms with Gasteiger partial charge in [0.25, 0.3) is 12.9 Å². The van der Waals surface area contributed by atoms with Crippen LogP contribution >= 0.6 is 0 Å². The smallest absolute Gasteiger partial charge is 0.282 e. The van der Waals surface area contributed by atoms with Gasteiger partial charge in [-0.1, -0.05) is 0 Å². The molecule has 0 atom stereocenters. The van der Waals surface area contributed by atoms with Gasteiger partial charge < -0.3 is 10.1 Å². The van der Waals surface area contributed by atoms with Crippen LogP contribution in [0.15, 0.2) is 6.07 Å². The van der Waals surface area contributed by atoms with Crippen molar-refractivity contribution in [2.24, 2.45) is 0 Å². The Morgan fingerprint density at radius 2 is 2.10 bits per heavy atom. The van der Waals surface area contributed by atoms with E-state index in [-0.39, 0.29) is 0 Å². The van der Waals surface area contributed by atoms with E-state index in [1.54, 1.807) is 0 Å². The SMILES string of the molecule is COCCCNC(=O)Cn1nc(C(F)F)cc1C(F)F. The molecule has 0 radical (unpaired) electrons. The number of ether oxygens (including phenoxy) is 1. The first kappa shape index (κ1) is 16.4. The van der Waals surface area contributed by atoms with Crippen molar-refractivity contribution in [3.63, 3.8) is 0 Å². The fourth-order valence-corrected chi connectivity index (χ4v) is 1.50. The number of hydrogen-bond acceptors (Lipinski definition) is 3. The number of carbonyl (C=O) groups is 1. The second kappa shape index (κ2) is 7.83. The van der Waals surface area contributed by atoms with Crippen molar-refractivity contribution in [2.45, 2.75) is 25.8 Å². The lowest BCUT2D eigenvalue weighted by Gasteiger charge is -2.07. The van der Waals surface area contributed by atoms with E-state index in [1.807, 2.05) is 0 Å². The van der Waals surface area contributed by atoms with E-state index in [9.17, 15) is 22.4 Å². The van der Waals surface area contributed by atoms with Crippen LogP contribution in [0.25, 0.3) is 0 Å². The van der Waals surface area contributed by atoms with E-state index in [4.69, 9.17) is 4.74 Å². The molecule has 0 fully saturated rings. The zero-order valence-electron chi connectivity index (χ0n) is 10.8. The van der Waals surface area contributed by atoms with Gasteiger partial charge in [0, 0.05) is 20.3 Å². The second-order valence-electron chi connectivity index (χ2n) is 3.95. The lowest BCUT2D eigenvalue weighted by Crippen LogP contribution is -2.30. The molecule has 1 heterocycles. The van der Waals surface area contributed by atoms with Gasteiger partial charge in [-0.15, -0.1) is 0 Å². The highest BCUT2D eigenvalue weighted by Crippen LogP contribution is 2.24. The van der Waals surface area contributed by atoms with E-state index in [0.29, 0.717) is 30.3 Å². The molecule has 9 heteroatoms. The number of nitrogens with zero attached hydrogens (tertiary/aromatic N) is 2. The molecule has 0 saturated carbocycles. The van der Waals surface area contributed by atoms with Gasteiger partial charge in [-0.25, -0.2) is 17.6 Å². The Morgan fingerprint density at radius 3 is 2.65 bits per heavy atom. The summed E-state index contributed by atoms with van der Waals surface area (Å²) in [4.78, 5) is 11.5. The van der Waals surface area contributed by atoms with Crippen LogP contribution in [-0.2, 0) is 16.1 Å². The van der Waals surface area contributed by atoms with Gasteiger partial charge in [0.05, 0.1) is 0 Å².